The van der Waals surface area contributed by atoms with Crippen molar-refractivity contribution < 1.29 is 5.11 Å². The zero-order chi connectivity index (χ0) is 23.6. The third kappa shape index (κ3) is 3.98. The van der Waals surface area contributed by atoms with Crippen LogP contribution in [0.5, 0.6) is 0 Å². The highest BCUT2D eigenvalue weighted by molar-refractivity contribution is 6.09. The summed E-state index contributed by atoms with van der Waals surface area (Å²) in [7, 11) is 0. The van der Waals surface area contributed by atoms with E-state index in [2.05, 4.69) is 31.1 Å². The van der Waals surface area contributed by atoms with Gasteiger partial charge in [-0.05, 0) is 42.5 Å². The Bertz CT molecular complexity index is 1580. The molecule has 0 bridgehead atoms. The van der Waals surface area contributed by atoms with Crippen molar-refractivity contribution in [3.63, 3.8) is 0 Å². The lowest BCUT2D eigenvalue weighted by Crippen LogP contribution is -2.34. The van der Waals surface area contributed by atoms with Gasteiger partial charge in [-0.15, -0.1) is 15.3 Å². The summed E-state index contributed by atoms with van der Waals surface area (Å²) in [5, 5.41) is 38.2. The van der Waals surface area contributed by atoms with Crippen LogP contribution in [-0.2, 0) is 0 Å². The molecule has 0 saturated carbocycles. The molecule has 7 nitrogen and oxygen atoms in total. The first-order valence-electron chi connectivity index (χ1n) is 11.4. The molecular weight excluding hydrogens is 436 g/mol. The van der Waals surface area contributed by atoms with E-state index in [1.807, 2.05) is 97.1 Å². The highest BCUT2D eigenvalue weighted by atomic mass is 16.3. The van der Waals surface area contributed by atoms with Gasteiger partial charge < -0.3 is 15.7 Å². The number of rotatable bonds is 5. The van der Waals surface area contributed by atoms with Gasteiger partial charge in [-0.2, -0.15) is 5.11 Å². The molecule has 6 rings (SSSR count). The molecule has 0 amide bonds. The summed E-state index contributed by atoms with van der Waals surface area (Å²) in [6.45, 7) is -0.00866. The Labute approximate surface area is 201 Å². The van der Waals surface area contributed by atoms with Crippen LogP contribution in [0, 0.1) is 0 Å². The van der Waals surface area contributed by atoms with Gasteiger partial charge in [0.15, 0.2) is 0 Å². The second kappa shape index (κ2) is 8.96. The Morgan fingerprint density at radius 1 is 0.543 bits per heavy atom. The number of aliphatic hydroxyl groups excluding tert-OH is 1. The van der Waals surface area contributed by atoms with Crippen LogP contribution in [-0.4, -0.2) is 17.9 Å². The molecule has 170 valence electrons. The molecule has 0 aromatic heterocycles. The minimum atomic E-state index is -0.218. The fourth-order valence-electron chi connectivity index (χ4n) is 4.38. The number of nitrogens with one attached hydrogen (secondary N) is 2. The monoisotopic (exact) mass is 458 g/mol. The van der Waals surface area contributed by atoms with Gasteiger partial charge in [-0.1, -0.05) is 54.6 Å². The maximum absolute atomic E-state index is 9.56. The summed E-state index contributed by atoms with van der Waals surface area (Å²) in [5.74, 6) is 0. The molecule has 5 aromatic rings. The van der Waals surface area contributed by atoms with E-state index < -0.39 is 0 Å². The van der Waals surface area contributed by atoms with Crippen molar-refractivity contribution in [2.45, 2.75) is 6.17 Å². The largest absolute Gasteiger partial charge is 0.392 e. The number of aliphatic hydroxyl groups is 1. The van der Waals surface area contributed by atoms with Crippen LogP contribution in [0.2, 0.25) is 0 Å². The standard InChI is InChI=1S/C28H22N6O/c35-17-27-29-25-12-6-11-21-24(15-16-26(30-27)28(21)25)34-33-23-14-13-22(19-9-4-5-10-20(19)23)32-31-18-7-2-1-3-8-18/h1-16,27,29-30,35H,17H2. The molecule has 5 aromatic carbocycles. The van der Waals surface area contributed by atoms with E-state index >= 15 is 0 Å². The van der Waals surface area contributed by atoms with Crippen LogP contribution < -0.4 is 10.6 Å². The first kappa shape index (κ1) is 20.9. The van der Waals surface area contributed by atoms with E-state index in [1.54, 1.807) is 0 Å². The molecule has 0 spiro atoms. The van der Waals surface area contributed by atoms with Crippen molar-refractivity contribution in [3.05, 3.63) is 97.1 Å². The Morgan fingerprint density at radius 3 is 1.77 bits per heavy atom. The topological polar surface area (TPSA) is 93.7 Å². The smallest absolute Gasteiger partial charge is 0.120 e. The van der Waals surface area contributed by atoms with Crippen LogP contribution in [0.25, 0.3) is 21.5 Å². The fraction of sp³-hybridized carbons (Fsp3) is 0.0714. The minimum absolute atomic E-state index is 0.00866. The summed E-state index contributed by atoms with van der Waals surface area (Å²) in [6.07, 6.45) is -0.218. The molecule has 35 heavy (non-hydrogen) atoms. The van der Waals surface area contributed by atoms with Gasteiger partial charge >= 0.3 is 0 Å². The third-order valence-electron chi connectivity index (χ3n) is 6.03. The van der Waals surface area contributed by atoms with E-state index in [1.165, 1.54) is 0 Å². The first-order chi connectivity index (χ1) is 17.3. The quantitative estimate of drug-likeness (QED) is 0.233. The Hall–Kier alpha value is -4.62. The maximum Gasteiger partial charge on any atom is 0.120 e. The Balaban J connectivity index is 1.38. The molecule has 3 N–H and O–H groups in total. The zero-order valence-corrected chi connectivity index (χ0v) is 18.8. The zero-order valence-electron chi connectivity index (χ0n) is 18.8. The first-order valence-corrected chi connectivity index (χ1v) is 11.4. The fourth-order valence-corrected chi connectivity index (χ4v) is 4.38. The average molecular weight is 459 g/mol. The van der Waals surface area contributed by atoms with E-state index in [0.717, 1.165) is 55.7 Å². The van der Waals surface area contributed by atoms with E-state index in [0.29, 0.717) is 0 Å². The van der Waals surface area contributed by atoms with Crippen molar-refractivity contribution in [1.29, 1.82) is 0 Å². The Kier molecular flexibility index (Phi) is 5.37. The van der Waals surface area contributed by atoms with Crippen molar-refractivity contribution in [2.24, 2.45) is 20.5 Å². The number of azo groups is 2. The van der Waals surface area contributed by atoms with Crippen LogP contribution in [0.4, 0.5) is 34.1 Å². The summed E-state index contributed by atoms with van der Waals surface area (Å²) < 4.78 is 0. The summed E-state index contributed by atoms with van der Waals surface area (Å²) >= 11 is 0. The summed E-state index contributed by atoms with van der Waals surface area (Å²) in [4.78, 5) is 0. The molecule has 0 saturated heterocycles. The van der Waals surface area contributed by atoms with E-state index in [9.17, 15) is 5.11 Å². The minimum Gasteiger partial charge on any atom is -0.392 e. The number of fused-ring (bicyclic) bond motifs is 1. The molecule has 1 heterocycles. The number of anilines is 2. The van der Waals surface area contributed by atoms with E-state index in [4.69, 9.17) is 0 Å². The molecule has 1 unspecified atom stereocenters. The molecule has 0 radical (unpaired) electrons. The molecule has 0 fully saturated rings. The summed E-state index contributed by atoms with van der Waals surface area (Å²) in [6, 6.07) is 31.5. The molecule has 0 aliphatic carbocycles. The normalized spacial score (nSPS) is 15.1. The van der Waals surface area contributed by atoms with Crippen molar-refractivity contribution in [3.8, 4) is 0 Å². The van der Waals surface area contributed by atoms with Crippen LogP contribution in [0.15, 0.2) is 118 Å². The lowest BCUT2D eigenvalue weighted by molar-refractivity contribution is 0.284. The van der Waals surface area contributed by atoms with Gasteiger partial charge in [0.2, 0.25) is 0 Å². The van der Waals surface area contributed by atoms with Crippen LogP contribution in [0.1, 0.15) is 0 Å². The van der Waals surface area contributed by atoms with Gasteiger partial charge in [0.25, 0.3) is 0 Å². The second-order valence-corrected chi connectivity index (χ2v) is 8.27. The maximum atomic E-state index is 9.56. The van der Waals surface area contributed by atoms with Crippen molar-refractivity contribution >= 4 is 55.7 Å². The lowest BCUT2D eigenvalue weighted by Gasteiger charge is -2.28. The predicted molar refractivity (Wildman–Crippen MR) is 141 cm³/mol. The van der Waals surface area contributed by atoms with Crippen molar-refractivity contribution in [1.82, 2.24) is 0 Å². The lowest BCUT2D eigenvalue weighted by atomic mass is 10.0. The van der Waals surface area contributed by atoms with Crippen molar-refractivity contribution in [2.75, 3.05) is 17.2 Å². The number of nitrogens with zero attached hydrogens (tertiary/aromatic N) is 4. The van der Waals surface area contributed by atoms with Gasteiger partial charge in [0.05, 0.1) is 29.4 Å². The molecular formula is C28H22N6O. The average Bonchev–Trinajstić information content (AvgIpc) is 2.92. The molecule has 1 aliphatic heterocycles. The van der Waals surface area contributed by atoms with Gasteiger partial charge in [-0.25, -0.2) is 0 Å². The SMILES string of the molecule is OCC1Nc2cccc3c(N=Nc4ccc(N=Nc5ccccc5)c5ccccc45)ccc(c23)N1. The molecule has 1 aliphatic rings. The predicted octanol–water partition coefficient (Wildman–Crippen LogP) is 7.98. The second-order valence-electron chi connectivity index (χ2n) is 8.27. The van der Waals surface area contributed by atoms with Gasteiger partial charge in [0, 0.05) is 32.9 Å². The van der Waals surface area contributed by atoms with E-state index in [-0.39, 0.29) is 12.8 Å². The Morgan fingerprint density at radius 2 is 1.09 bits per heavy atom. The third-order valence-corrected chi connectivity index (χ3v) is 6.03. The number of benzene rings is 5. The number of hydrogen-bond acceptors (Lipinski definition) is 7. The number of hydrogen-bond donors (Lipinski definition) is 3. The summed E-state index contributed by atoms with van der Waals surface area (Å²) in [5.41, 5.74) is 5.04. The highest BCUT2D eigenvalue weighted by Gasteiger charge is 2.19. The van der Waals surface area contributed by atoms with Crippen LogP contribution >= 0.6 is 0 Å². The molecule has 7 heteroatoms. The van der Waals surface area contributed by atoms with Gasteiger partial charge in [0.1, 0.15) is 6.17 Å². The van der Waals surface area contributed by atoms with Gasteiger partial charge in [-0.3, -0.25) is 0 Å². The molecule has 1 atom stereocenters. The highest BCUT2D eigenvalue weighted by Crippen LogP contribution is 2.41. The van der Waals surface area contributed by atoms with Crippen LogP contribution in [0.3, 0.4) is 0 Å².